The Balaban J connectivity index is 1.28. The molecule has 2 saturated carbocycles. The van der Waals surface area contributed by atoms with Crippen LogP contribution in [0.1, 0.15) is 59.5 Å². The third-order valence-corrected chi connectivity index (χ3v) is 6.92. The number of thioether (sulfide) groups is 1. The molecular weight excluding hydrogens is 392 g/mol. The lowest BCUT2D eigenvalue weighted by Crippen LogP contribution is -2.02. The van der Waals surface area contributed by atoms with Crippen molar-refractivity contribution in [2.75, 3.05) is 7.11 Å². The number of esters is 1. The van der Waals surface area contributed by atoms with Gasteiger partial charge in [-0.2, -0.15) is 0 Å². The molecule has 0 spiro atoms. The molecule has 2 aliphatic carbocycles. The number of hydrogen-bond acceptors (Lipinski definition) is 7. The van der Waals surface area contributed by atoms with Crippen molar-refractivity contribution in [3.8, 4) is 10.6 Å². The minimum absolute atomic E-state index is 0.326. The third kappa shape index (κ3) is 3.58. The summed E-state index contributed by atoms with van der Waals surface area (Å²) in [5, 5.41) is 13.0. The first-order valence-electron chi connectivity index (χ1n) is 9.43. The Morgan fingerprint density at radius 1 is 1.21 bits per heavy atom. The van der Waals surface area contributed by atoms with E-state index in [-0.39, 0.29) is 5.97 Å². The molecule has 3 aromatic rings. The van der Waals surface area contributed by atoms with Gasteiger partial charge < -0.3 is 9.30 Å². The number of ether oxygens (including phenoxy) is 1. The van der Waals surface area contributed by atoms with Gasteiger partial charge in [0.2, 0.25) is 0 Å². The zero-order valence-corrected chi connectivity index (χ0v) is 17.1. The molecular formula is C20H20N4O2S2. The smallest absolute Gasteiger partial charge is 0.337 e. The van der Waals surface area contributed by atoms with E-state index < -0.39 is 0 Å². The summed E-state index contributed by atoms with van der Waals surface area (Å²) in [4.78, 5) is 16.3. The molecule has 1 aromatic carbocycles. The Hall–Kier alpha value is -2.19. The Morgan fingerprint density at radius 3 is 2.68 bits per heavy atom. The summed E-state index contributed by atoms with van der Waals surface area (Å²) in [6.45, 7) is 0. The highest BCUT2D eigenvalue weighted by Crippen LogP contribution is 2.46. The van der Waals surface area contributed by atoms with Crippen molar-refractivity contribution in [1.29, 1.82) is 0 Å². The van der Waals surface area contributed by atoms with Gasteiger partial charge in [-0.1, -0.05) is 23.9 Å². The van der Waals surface area contributed by atoms with Crippen molar-refractivity contribution in [2.45, 2.75) is 48.6 Å². The number of hydrogen-bond donors (Lipinski definition) is 0. The highest BCUT2D eigenvalue weighted by Gasteiger charge is 2.36. The molecule has 5 rings (SSSR count). The normalized spacial score (nSPS) is 16.3. The first kappa shape index (κ1) is 17.9. The van der Waals surface area contributed by atoms with Crippen LogP contribution < -0.4 is 0 Å². The van der Waals surface area contributed by atoms with Gasteiger partial charge in [-0.05, 0) is 37.8 Å². The van der Waals surface area contributed by atoms with Crippen molar-refractivity contribution < 1.29 is 9.53 Å². The maximum atomic E-state index is 11.6. The summed E-state index contributed by atoms with van der Waals surface area (Å²) in [7, 11) is 1.39. The van der Waals surface area contributed by atoms with Gasteiger partial charge in [0.15, 0.2) is 5.16 Å². The molecule has 0 amide bonds. The zero-order valence-electron chi connectivity index (χ0n) is 15.5. The number of nitrogens with zero attached hydrogens (tertiary/aromatic N) is 4. The largest absolute Gasteiger partial charge is 0.465 e. The number of carbonyl (C=O) groups is 1. The fourth-order valence-electron chi connectivity index (χ4n) is 3.19. The van der Waals surface area contributed by atoms with E-state index in [4.69, 9.17) is 9.72 Å². The molecule has 8 heteroatoms. The predicted molar refractivity (Wildman–Crippen MR) is 109 cm³/mol. The van der Waals surface area contributed by atoms with Crippen LogP contribution in [0.5, 0.6) is 0 Å². The summed E-state index contributed by atoms with van der Waals surface area (Å²) in [6.07, 6.45) is 4.99. The molecule has 0 radical (unpaired) electrons. The lowest BCUT2D eigenvalue weighted by Gasteiger charge is -2.07. The summed E-state index contributed by atoms with van der Waals surface area (Å²) >= 11 is 3.34. The molecule has 0 atom stereocenters. The standard InChI is InChI=1S/C20H20N4O2S2/c1-26-19(25)14-6-4-13(5-7-14)18-21-15(10-27-18)11-28-20-23-22-17(12-2-3-12)24(20)16-8-9-16/h4-7,10,12,16H,2-3,8-9,11H2,1H3. The molecule has 6 nitrogen and oxygen atoms in total. The highest BCUT2D eigenvalue weighted by molar-refractivity contribution is 7.98. The minimum atomic E-state index is -0.326. The van der Waals surface area contributed by atoms with Gasteiger partial charge in [-0.15, -0.1) is 21.5 Å². The molecule has 28 heavy (non-hydrogen) atoms. The second kappa shape index (κ2) is 7.33. The fourth-order valence-corrected chi connectivity index (χ4v) is 5.03. The van der Waals surface area contributed by atoms with Crippen molar-refractivity contribution in [3.63, 3.8) is 0 Å². The number of benzene rings is 1. The monoisotopic (exact) mass is 412 g/mol. The molecule has 144 valence electrons. The quantitative estimate of drug-likeness (QED) is 0.414. The summed E-state index contributed by atoms with van der Waals surface area (Å²) in [6, 6.07) is 7.97. The van der Waals surface area contributed by atoms with E-state index >= 15 is 0 Å². The van der Waals surface area contributed by atoms with Gasteiger partial charge in [0.25, 0.3) is 0 Å². The van der Waals surface area contributed by atoms with Gasteiger partial charge in [-0.25, -0.2) is 9.78 Å². The fraction of sp³-hybridized carbons (Fsp3) is 0.400. The van der Waals surface area contributed by atoms with Crippen LogP contribution in [0.25, 0.3) is 10.6 Å². The van der Waals surface area contributed by atoms with E-state index in [9.17, 15) is 4.79 Å². The van der Waals surface area contributed by atoms with Gasteiger partial charge in [-0.3, -0.25) is 0 Å². The molecule has 0 N–H and O–H groups in total. The second-order valence-electron chi connectivity index (χ2n) is 7.22. The Kier molecular flexibility index (Phi) is 4.68. The second-order valence-corrected chi connectivity index (χ2v) is 9.02. The average molecular weight is 413 g/mol. The van der Waals surface area contributed by atoms with Gasteiger partial charge in [0.05, 0.1) is 18.4 Å². The zero-order chi connectivity index (χ0) is 19.1. The van der Waals surface area contributed by atoms with Crippen molar-refractivity contribution in [3.05, 3.63) is 46.7 Å². The topological polar surface area (TPSA) is 69.9 Å². The molecule has 2 aromatic heterocycles. The predicted octanol–water partition coefficient (Wildman–Crippen LogP) is 4.69. The first-order chi connectivity index (χ1) is 13.7. The molecule has 0 aliphatic heterocycles. The van der Waals surface area contributed by atoms with Crippen LogP contribution in [-0.2, 0) is 10.5 Å². The number of thiazole rings is 1. The van der Waals surface area contributed by atoms with Crippen molar-refractivity contribution in [2.24, 2.45) is 0 Å². The molecule has 0 saturated heterocycles. The Bertz CT molecular complexity index is 1000. The van der Waals surface area contributed by atoms with Crippen LogP contribution in [0, 0.1) is 0 Å². The van der Waals surface area contributed by atoms with Crippen molar-refractivity contribution >= 4 is 29.1 Å². The SMILES string of the molecule is COC(=O)c1ccc(-c2nc(CSc3nnc(C4CC4)n3C3CC3)cs2)cc1. The van der Waals surface area contributed by atoms with E-state index in [0.29, 0.717) is 17.5 Å². The van der Waals surface area contributed by atoms with Crippen LogP contribution in [-0.4, -0.2) is 32.8 Å². The van der Waals surface area contributed by atoms with Gasteiger partial charge in [0, 0.05) is 28.7 Å². The summed E-state index contributed by atoms with van der Waals surface area (Å²) < 4.78 is 7.12. The van der Waals surface area contributed by atoms with Crippen LogP contribution in [0.2, 0.25) is 0 Å². The Morgan fingerprint density at radius 2 is 2.00 bits per heavy atom. The number of carbonyl (C=O) groups excluding carboxylic acids is 1. The third-order valence-electron chi connectivity index (χ3n) is 5.00. The van der Waals surface area contributed by atoms with E-state index in [2.05, 4.69) is 20.1 Å². The van der Waals surface area contributed by atoms with E-state index in [1.165, 1.54) is 38.6 Å². The highest BCUT2D eigenvalue weighted by atomic mass is 32.2. The first-order valence-corrected chi connectivity index (χ1v) is 11.3. The van der Waals surface area contributed by atoms with Crippen LogP contribution >= 0.6 is 23.1 Å². The van der Waals surface area contributed by atoms with Crippen LogP contribution in [0.4, 0.5) is 0 Å². The molecule has 2 aliphatic rings. The lowest BCUT2D eigenvalue weighted by molar-refractivity contribution is 0.0601. The summed E-state index contributed by atoms with van der Waals surface area (Å²) in [5.41, 5.74) is 2.59. The van der Waals surface area contributed by atoms with Crippen LogP contribution in [0.3, 0.4) is 0 Å². The van der Waals surface area contributed by atoms with Gasteiger partial charge >= 0.3 is 5.97 Å². The average Bonchev–Trinajstić information content (AvgIpc) is 3.66. The van der Waals surface area contributed by atoms with E-state index in [1.54, 1.807) is 35.2 Å². The molecule has 0 unspecified atom stereocenters. The lowest BCUT2D eigenvalue weighted by atomic mass is 10.1. The Labute approximate surface area is 171 Å². The van der Waals surface area contributed by atoms with E-state index in [0.717, 1.165) is 27.2 Å². The maximum Gasteiger partial charge on any atom is 0.337 e. The maximum absolute atomic E-state index is 11.6. The summed E-state index contributed by atoms with van der Waals surface area (Å²) in [5.74, 6) is 2.27. The van der Waals surface area contributed by atoms with E-state index in [1.807, 2.05) is 12.1 Å². The van der Waals surface area contributed by atoms with Gasteiger partial charge in [0.1, 0.15) is 10.8 Å². The molecule has 2 fully saturated rings. The number of methoxy groups -OCH3 is 1. The van der Waals surface area contributed by atoms with Crippen LogP contribution in [0.15, 0.2) is 34.8 Å². The molecule has 0 bridgehead atoms. The van der Waals surface area contributed by atoms with Crippen molar-refractivity contribution in [1.82, 2.24) is 19.7 Å². The number of rotatable bonds is 7. The number of aromatic nitrogens is 4. The minimum Gasteiger partial charge on any atom is -0.465 e. The molecule has 2 heterocycles.